The highest BCUT2D eigenvalue weighted by molar-refractivity contribution is 5.82. The van der Waals surface area contributed by atoms with Gasteiger partial charge in [-0.3, -0.25) is 9.59 Å². The number of hydrogen-bond donors (Lipinski definition) is 1. The molecule has 8 nitrogen and oxygen atoms in total. The summed E-state index contributed by atoms with van der Waals surface area (Å²) >= 11 is 0. The van der Waals surface area contributed by atoms with Crippen LogP contribution in [-0.4, -0.2) is 60.6 Å². The summed E-state index contributed by atoms with van der Waals surface area (Å²) in [4.78, 5) is 33.6. The van der Waals surface area contributed by atoms with Crippen LogP contribution < -0.4 is 0 Å². The highest BCUT2D eigenvalue weighted by Gasteiger charge is 2.30. The van der Waals surface area contributed by atoms with E-state index in [2.05, 4.69) is 0 Å². The van der Waals surface area contributed by atoms with Crippen molar-refractivity contribution in [2.24, 2.45) is 0 Å². The van der Waals surface area contributed by atoms with Crippen LogP contribution >= 0.6 is 0 Å². The third-order valence-corrected chi connectivity index (χ3v) is 3.49. The van der Waals surface area contributed by atoms with Gasteiger partial charge >= 0.3 is 17.9 Å². The van der Waals surface area contributed by atoms with Crippen LogP contribution in [0, 0.1) is 0 Å². The van der Waals surface area contributed by atoms with Crippen LogP contribution in [0.3, 0.4) is 0 Å². The molecule has 0 aromatic heterocycles. The molecule has 0 spiro atoms. The van der Waals surface area contributed by atoms with E-state index in [1.165, 1.54) is 39.2 Å². The van der Waals surface area contributed by atoms with E-state index in [1.54, 1.807) is 13.0 Å². The van der Waals surface area contributed by atoms with E-state index in [4.69, 9.17) is 18.9 Å². The maximum atomic E-state index is 11.3. The summed E-state index contributed by atoms with van der Waals surface area (Å²) < 4.78 is 20.4. The van der Waals surface area contributed by atoms with Gasteiger partial charge in [0, 0.05) is 33.5 Å². The van der Waals surface area contributed by atoms with E-state index in [0.29, 0.717) is 6.42 Å². The van der Waals surface area contributed by atoms with Crippen LogP contribution in [0.5, 0.6) is 0 Å². The molecule has 1 N–H and O–H groups in total. The van der Waals surface area contributed by atoms with E-state index in [9.17, 15) is 19.5 Å². The van der Waals surface area contributed by atoms with Gasteiger partial charge in [0.2, 0.25) is 0 Å². The average Bonchev–Trinajstić information content (AvgIpc) is 2.53. The van der Waals surface area contributed by atoms with Crippen LogP contribution in [0.1, 0.15) is 27.2 Å². The lowest BCUT2D eigenvalue weighted by Crippen LogP contribution is -2.41. The number of aliphatic hydroxyl groups is 1. The molecule has 0 saturated heterocycles. The second-order valence-electron chi connectivity index (χ2n) is 5.58. The summed E-state index contributed by atoms with van der Waals surface area (Å²) in [7, 11) is 1.38. The Hall–Kier alpha value is -2.19. The summed E-state index contributed by atoms with van der Waals surface area (Å²) in [6.45, 7) is 4.06. The van der Waals surface area contributed by atoms with Crippen LogP contribution in [0.2, 0.25) is 0 Å². The number of hydrogen-bond acceptors (Lipinski definition) is 8. The fourth-order valence-electron chi connectivity index (χ4n) is 2.32. The van der Waals surface area contributed by atoms with Crippen molar-refractivity contribution in [3.05, 3.63) is 24.3 Å². The van der Waals surface area contributed by atoms with Crippen LogP contribution in [-0.2, 0) is 33.3 Å². The zero-order valence-electron chi connectivity index (χ0n) is 14.7. The van der Waals surface area contributed by atoms with E-state index in [1.807, 2.05) is 0 Å². The van der Waals surface area contributed by atoms with Crippen LogP contribution in [0.4, 0.5) is 0 Å². The van der Waals surface area contributed by atoms with Gasteiger partial charge in [-0.2, -0.15) is 0 Å². The molecule has 0 saturated carbocycles. The van der Waals surface area contributed by atoms with Crippen molar-refractivity contribution in [1.82, 2.24) is 0 Å². The standard InChI is InChI=1S/C17H24O8/c1-10(23-11(2)18)13(24-12(3)19)8-9-14(22-4)17(21)15-6-5-7-16(20)25-15/h5,7-10,13-15,17,21H,6H2,1-4H3/b9-8+/t10-,13+,14+,15+,17-/m0/s1. The Morgan fingerprint density at radius 2 is 1.84 bits per heavy atom. The van der Waals surface area contributed by atoms with E-state index in [0.717, 1.165) is 0 Å². The molecule has 5 atom stereocenters. The maximum absolute atomic E-state index is 11.3. The molecule has 0 aromatic rings. The average molecular weight is 356 g/mol. The maximum Gasteiger partial charge on any atom is 0.330 e. The van der Waals surface area contributed by atoms with Gasteiger partial charge < -0.3 is 24.1 Å². The highest BCUT2D eigenvalue weighted by Crippen LogP contribution is 2.17. The van der Waals surface area contributed by atoms with Gasteiger partial charge in [0.25, 0.3) is 0 Å². The number of carbonyl (C=O) groups excluding carboxylic acids is 3. The Labute approximate surface area is 146 Å². The number of cyclic esters (lactones) is 1. The zero-order chi connectivity index (χ0) is 19.0. The minimum absolute atomic E-state index is 0.359. The van der Waals surface area contributed by atoms with Gasteiger partial charge in [-0.1, -0.05) is 12.2 Å². The summed E-state index contributed by atoms with van der Waals surface area (Å²) in [6.07, 6.45) is 1.96. The number of rotatable bonds is 8. The first-order chi connectivity index (χ1) is 11.7. The largest absolute Gasteiger partial charge is 0.459 e. The first kappa shape index (κ1) is 20.9. The number of esters is 3. The fraction of sp³-hybridized carbons (Fsp3) is 0.588. The Kier molecular flexibility index (Phi) is 8.30. The normalized spacial score (nSPS) is 22.0. The van der Waals surface area contributed by atoms with E-state index < -0.39 is 48.4 Å². The molecule has 0 aliphatic carbocycles. The fourth-order valence-corrected chi connectivity index (χ4v) is 2.32. The van der Waals surface area contributed by atoms with Gasteiger partial charge in [0.15, 0.2) is 6.10 Å². The first-order valence-corrected chi connectivity index (χ1v) is 7.85. The summed E-state index contributed by atoms with van der Waals surface area (Å²) in [5, 5.41) is 10.3. The molecular formula is C17H24O8. The van der Waals surface area contributed by atoms with E-state index in [-0.39, 0.29) is 0 Å². The van der Waals surface area contributed by atoms with Crippen molar-refractivity contribution >= 4 is 17.9 Å². The molecule has 0 aromatic carbocycles. The Bertz CT molecular complexity index is 539. The zero-order valence-corrected chi connectivity index (χ0v) is 14.7. The Balaban J connectivity index is 2.82. The predicted octanol–water partition coefficient (Wildman–Crippen LogP) is 0.673. The molecule has 25 heavy (non-hydrogen) atoms. The van der Waals surface area contributed by atoms with Gasteiger partial charge in [0.05, 0.1) is 0 Å². The van der Waals surface area contributed by atoms with Crippen molar-refractivity contribution in [2.75, 3.05) is 7.11 Å². The minimum Gasteiger partial charge on any atom is -0.459 e. The molecule has 1 aliphatic rings. The Morgan fingerprint density at radius 1 is 1.24 bits per heavy atom. The molecule has 0 radical (unpaired) electrons. The highest BCUT2D eigenvalue weighted by atomic mass is 16.6. The second-order valence-corrected chi connectivity index (χ2v) is 5.58. The van der Waals surface area contributed by atoms with Crippen LogP contribution in [0.15, 0.2) is 24.3 Å². The summed E-state index contributed by atoms with van der Waals surface area (Å²) in [5.41, 5.74) is 0. The first-order valence-electron chi connectivity index (χ1n) is 7.85. The topological polar surface area (TPSA) is 108 Å². The summed E-state index contributed by atoms with van der Waals surface area (Å²) in [6, 6.07) is 0. The predicted molar refractivity (Wildman–Crippen MR) is 86.4 cm³/mol. The molecule has 0 amide bonds. The second kappa shape index (κ2) is 9.95. The number of carbonyl (C=O) groups is 3. The lowest BCUT2D eigenvalue weighted by Gasteiger charge is -2.28. The van der Waals surface area contributed by atoms with Gasteiger partial charge in [-0.25, -0.2) is 4.79 Å². The monoisotopic (exact) mass is 356 g/mol. The molecule has 1 aliphatic heterocycles. The molecular weight excluding hydrogens is 332 g/mol. The smallest absolute Gasteiger partial charge is 0.330 e. The number of methoxy groups -OCH3 is 1. The minimum atomic E-state index is -1.11. The van der Waals surface area contributed by atoms with Gasteiger partial charge in [-0.05, 0) is 13.0 Å². The van der Waals surface area contributed by atoms with Crippen molar-refractivity contribution in [3.8, 4) is 0 Å². The van der Waals surface area contributed by atoms with E-state index >= 15 is 0 Å². The third-order valence-electron chi connectivity index (χ3n) is 3.49. The molecule has 0 fully saturated rings. The molecule has 1 heterocycles. The summed E-state index contributed by atoms with van der Waals surface area (Å²) in [5.74, 6) is -1.59. The van der Waals surface area contributed by atoms with Crippen molar-refractivity contribution in [1.29, 1.82) is 0 Å². The lowest BCUT2D eigenvalue weighted by molar-refractivity contribution is -0.160. The molecule has 8 heteroatoms. The third kappa shape index (κ3) is 7.06. The van der Waals surface area contributed by atoms with Crippen molar-refractivity contribution in [3.63, 3.8) is 0 Å². The number of ether oxygens (including phenoxy) is 4. The van der Waals surface area contributed by atoms with Gasteiger partial charge in [-0.15, -0.1) is 0 Å². The Morgan fingerprint density at radius 3 is 2.36 bits per heavy atom. The molecule has 1 rings (SSSR count). The van der Waals surface area contributed by atoms with Crippen molar-refractivity contribution < 1.29 is 38.4 Å². The SMILES string of the molecule is CO[C@H](/C=C/[C@@H](OC(C)=O)[C@H](C)OC(C)=O)[C@H](O)[C@H]1CC=CC(=O)O1. The quantitative estimate of drug-likeness (QED) is 0.384. The van der Waals surface area contributed by atoms with Crippen LogP contribution in [0.25, 0.3) is 0 Å². The lowest BCUT2D eigenvalue weighted by atomic mass is 10.0. The molecule has 140 valence electrons. The van der Waals surface area contributed by atoms with Gasteiger partial charge in [0.1, 0.15) is 24.4 Å². The number of aliphatic hydroxyl groups excluding tert-OH is 1. The molecule has 0 bridgehead atoms. The van der Waals surface area contributed by atoms with Crippen molar-refractivity contribution in [2.45, 2.75) is 57.7 Å². The molecule has 0 unspecified atom stereocenters.